The predicted molar refractivity (Wildman–Crippen MR) is 77.4 cm³/mol. The summed E-state index contributed by atoms with van der Waals surface area (Å²) >= 11 is 1.72. The fourth-order valence-corrected chi connectivity index (χ4v) is 2.93. The normalized spacial score (nSPS) is 15.1. The second-order valence-electron chi connectivity index (χ2n) is 5.12. The first-order valence-electron chi connectivity index (χ1n) is 6.51. The molecule has 2 nitrogen and oxygen atoms in total. The summed E-state index contributed by atoms with van der Waals surface area (Å²) in [4.78, 5) is 2.42. The van der Waals surface area contributed by atoms with Crippen LogP contribution in [0.4, 0.5) is 10.1 Å². The highest BCUT2D eigenvalue weighted by molar-refractivity contribution is 7.07. The second-order valence-corrected chi connectivity index (χ2v) is 5.90. The van der Waals surface area contributed by atoms with E-state index in [0.29, 0.717) is 6.04 Å². The van der Waals surface area contributed by atoms with Crippen LogP contribution in [0.25, 0.3) is 0 Å². The monoisotopic (exact) mass is 276 g/mol. The highest BCUT2D eigenvalue weighted by atomic mass is 32.1. The average molecular weight is 276 g/mol. The van der Waals surface area contributed by atoms with Gasteiger partial charge in [0.05, 0.1) is 5.69 Å². The molecule has 0 unspecified atom stereocenters. The highest BCUT2D eigenvalue weighted by Crippen LogP contribution is 2.30. The number of nitrogen functional groups attached to an aromatic ring is 1. The number of hydrogen-bond acceptors (Lipinski definition) is 3. The van der Waals surface area contributed by atoms with Crippen LogP contribution in [0.5, 0.6) is 0 Å². The van der Waals surface area contributed by atoms with Gasteiger partial charge in [0.15, 0.2) is 0 Å². The Morgan fingerprint density at radius 2 is 2.00 bits per heavy atom. The molecule has 1 aromatic carbocycles. The smallest absolute Gasteiger partial charge is 0.146 e. The van der Waals surface area contributed by atoms with E-state index in [1.807, 2.05) is 6.07 Å². The summed E-state index contributed by atoms with van der Waals surface area (Å²) in [5.74, 6) is -0.316. The standard InChI is InChI=1S/C15H17FN2S/c16-14-7-11(1-4-15(14)17)8-18(13-2-3-13)9-12-5-6-19-10-12/h1,4-7,10,13H,2-3,8-9,17H2. The van der Waals surface area contributed by atoms with Crippen LogP contribution < -0.4 is 5.73 Å². The van der Waals surface area contributed by atoms with Crippen molar-refractivity contribution in [2.75, 3.05) is 5.73 Å². The van der Waals surface area contributed by atoms with Gasteiger partial charge in [-0.1, -0.05) is 6.07 Å². The summed E-state index contributed by atoms with van der Waals surface area (Å²) in [5.41, 5.74) is 8.07. The van der Waals surface area contributed by atoms with Crippen molar-refractivity contribution in [3.8, 4) is 0 Å². The molecule has 1 aromatic heterocycles. The third-order valence-electron chi connectivity index (χ3n) is 3.48. The van der Waals surface area contributed by atoms with E-state index in [4.69, 9.17) is 5.73 Å². The van der Waals surface area contributed by atoms with Crippen LogP contribution >= 0.6 is 11.3 Å². The number of halogens is 1. The molecule has 1 fully saturated rings. The molecule has 0 radical (unpaired) electrons. The number of nitrogens with two attached hydrogens (primary N) is 1. The molecule has 0 bridgehead atoms. The maximum Gasteiger partial charge on any atom is 0.146 e. The predicted octanol–water partition coefficient (Wildman–Crippen LogP) is 3.63. The Morgan fingerprint density at radius 1 is 1.21 bits per heavy atom. The Balaban J connectivity index is 1.72. The van der Waals surface area contributed by atoms with Crippen LogP contribution in [0.15, 0.2) is 35.0 Å². The maximum absolute atomic E-state index is 13.5. The van der Waals surface area contributed by atoms with Crippen LogP contribution in [0, 0.1) is 5.82 Å². The lowest BCUT2D eigenvalue weighted by Crippen LogP contribution is -2.24. The van der Waals surface area contributed by atoms with E-state index >= 15 is 0 Å². The minimum Gasteiger partial charge on any atom is -0.396 e. The van der Waals surface area contributed by atoms with Crippen LogP contribution in [0.3, 0.4) is 0 Å². The lowest BCUT2D eigenvalue weighted by atomic mass is 10.1. The second kappa shape index (κ2) is 5.31. The summed E-state index contributed by atoms with van der Waals surface area (Å²) in [6.07, 6.45) is 2.50. The van der Waals surface area contributed by atoms with E-state index < -0.39 is 0 Å². The molecule has 0 aliphatic heterocycles. The van der Waals surface area contributed by atoms with Gasteiger partial charge in [-0.25, -0.2) is 4.39 Å². The van der Waals surface area contributed by atoms with Gasteiger partial charge in [0, 0.05) is 19.1 Å². The molecule has 100 valence electrons. The molecule has 0 spiro atoms. The number of thiophene rings is 1. The Morgan fingerprint density at radius 3 is 2.63 bits per heavy atom. The molecule has 0 atom stereocenters. The number of hydrogen-bond donors (Lipinski definition) is 1. The number of nitrogens with zero attached hydrogens (tertiary/aromatic N) is 1. The first kappa shape index (κ1) is 12.6. The molecule has 0 amide bonds. The topological polar surface area (TPSA) is 29.3 Å². The van der Waals surface area contributed by atoms with Crippen LogP contribution in [0.2, 0.25) is 0 Å². The van der Waals surface area contributed by atoms with E-state index in [2.05, 4.69) is 21.7 Å². The van der Waals surface area contributed by atoms with E-state index in [0.717, 1.165) is 18.7 Å². The molecular weight excluding hydrogens is 259 g/mol. The van der Waals surface area contributed by atoms with Gasteiger partial charge in [0.25, 0.3) is 0 Å². The Hall–Kier alpha value is -1.39. The van der Waals surface area contributed by atoms with Crippen molar-refractivity contribution < 1.29 is 4.39 Å². The fraction of sp³-hybridized carbons (Fsp3) is 0.333. The van der Waals surface area contributed by atoms with Crippen molar-refractivity contribution in [1.82, 2.24) is 4.90 Å². The fourth-order valence-electron chi connectivity index (χ4n) is 2.27. The van der Waals surface area contributed by atoms with Gasteiger partial charge in [-0.15, -0.1) is 0 Å². The van der Waals surface area contributed by atoms with Gasteiger partial charge in [-0.2, -0.15) is 11.3 Å². The van der Waals surface area contributed by atoms with E-state index in [-0.39, 0.29) is 11.5 Å². The van der Waals surface area contributed by atoms with Crippen molar-refractivity contribution in [2.45, 2.75) is 32.0 Å². The summed E-state index contributed by atoms with van der Waals surface area (Å²) < 4.78 is 13.5. The van der Waals surface area contributed by atoms with Gasteiger partial charge < -0.3 is 5.73 Å². The van der Waals surface area contributed by atoms with E-state index in [1.165, 1.54) is 18.4 Å². The number of benzene rings is 1. The molecule has 0 saturated heterocycles. The lowest BCUT2D eigenvalue weighted by molar-refractivity contribution is 0.246. The molecule has 2 N–H and O–H groups in total. The molecule has 19 heavy (non-hydrogen) atoms. The van der Waals surface area contributed by atoms with Gasteiger partial charge in [0.1, 0.15) is 5.82 Å². The molecule has 1 aliphatic rings. The third-order valence-corrected chi connectivity index (χ3v) is 4.21. The Labute approximate surface area is 116 Å². The van der Waals surface area contributed by atoms with E-state index in [9.17, 15) is 4.39 Å². The molecule has 1 saturated carbocycles. The Bertz CT molecular complexity index is 549. The number of rotatable bonds is 5. The van der Waals surface area contributed by atoms with Gasteiger partial charge in [-0.3, -0.25) is 4.90 Å². The minimum atomic E-state index is -0.316. The minimum absolute atomic E-state index is 0.222. The zero-order chi connectivity index (χ0) is 13.2. The van der Waals surface area contributed by atoms with Crippen LogP contribution in [-0.2, 0) is 13.1 Å². The zero-order valence-corrected chi connectivity index (χ0v) is 11.5. The number of anilines is 1. The summed E-state index contributed by atoms with van der Waals surface area (Å²) in [6.45, 7) is 1.73. The Kier molecular flexibility index (Phi) is 3.53. The first-order chi connectivity index (χ1) is 9.22. The SMILES string of the molecule is Nc1ccc(CN(Cc2ccsc2)C2CC2)cc1F. The van der Waals surface area contributed by atoms with Crippen LogP contribution in [0.1, 0.15) is 24.0 Å². The zero-order valence-electron chi connectivity index (χ0n) is 10.7. The highest BCUT2D eigenvalue weighted by Gasteiger charge is 2.29. The summed E-state index contributed by atoms with van der Waals surface area (Å²) in [6, 6.07) is 7.93. The van der Waals surface area contributed by atoms with Crippen molar-refractivity contribution in [3.63, 3.8) is 0 Å². The molecular formula is C15H17FN2S. The maximum atomic E-state index is 13.5. The van der Waals surface area contributed by atoms with Crippen molar-refractivity contribution in [1.29, 1.82) is 0 Å². The molecule has 2 aromatic rings. The third kappa shape index (κ3) is 3.14. The largest absolute Gasteiger partial charge is 0.396 e. The summed E-state index contributed by atoms with van der Waals surface area (Å²) in [5, 5.41) is 4.28. The average Bonchev–Trinajstić information content (AvgIpc) is 3.12. The van der Waals surface area contributed by atoms with Crippen molar-refractivity contribution in [2.24, 2.45) is 0 Å². The molecule has 1 aliphatic carbocycles. The van der Waals surface area contributed by atoms with Gasteiger partial charge >= 0.3 is 0 Å². The van der Waals surface area contributed by atoms with Crippen molar-refractivity contribution in [3.05, 3.63) is 52.0 Å². The van der Waals surface area contributed by atoms with Gasteiger partial charge in [0.2, 0.25) is 0 Å². The lowest BCUT2D eigenvalue weighted by Gasteiger charge is -2.21. The van der Waals surface area contributed by atoms with Gasteiger partial charge in [-0.05, 0) is 52.9 Å². The molecule has 4 heteroatoms. The quantitative estimate of drug-likeness (QED) is 0.845. The molecule has 1 heterocycles. The first-order valence-corrected chi connectivity index (χ1v) is 7.45. The van der Waals surface area contributed by atoms with Crippen LogP contribution in [-0.4, -0.2) is 10.9 Å². The van der Waals surface area contributed by atoms with Crippen molar-refractivity contribution >= 4 is 17.0 Å². The molecule has 3 rings (SSSR count). The van der Waals surface area contributed by atoms with E-state index in [1.54, 1.807) is 23.5 Å². The summed E-state index contributed by atoms with van der Waals surface area (Å²) in [7, 11) is 0.